The van der Waals surface area contributed by atoms with Gasteiger partial charge in [0.25, 0.3) is 0 Å². The van der Waals surface area contributed by atoms with E-state index in [1.165, 1.54) is 0 Å². The number of quaternary nitrogens is 1. The standard InChI is InChI=1S/C80H122NO8P/c1-6-8-10-12-14-16-18-20-22-24-26-28-30-32-34-35-36-37-38-39-40-41-42-43-44-45-47-49-51-53-55-57-59-61-63-65-67-69-71-73-80(83)89-78(77-88-90(84,85)87-75-74-81(3,4)5)76-86-79(82)72-70-68-66-64-62-60-58-56-54-52-50-48-46-33-31-29-27-25-23-21-19-17-15-13-11-9-7-2/h8-11,14-17,20-23,26-29,32-34,36-37,39-40,42-43,45-47,50-53,56-59,63,65,78H,6-7,12-13,18-19,24-25,30-31,35,38,41,44,48-49,54-55,60-62,64,66-77H2,1-5H3/p+1/b10-8-,11-9-,16-14-,17-15-,22-20-,23-21-,28-26-,29-27-,34-32-,37-36-,40-39-,43-42-,46-33-,47-45-,52-50-,53-51-,58-56-,59-57-,65-63-. The van der Waals surface area contributed by atoms with Gasteiger partial charge in [-0.2, -0.15) is 0 Å². The zero-order valence-electron chi connectivity index (χ0n) is 56.8. The lowest BCUT2D eigenvalue weighted by molar-refractivity contribution is -0.870. The van der Waals surface area contributed by atoms with Gasteiger partial charge in [-0.15, -0.1) is 0 Å². The van der Waals surface area contributed by atoms with E-state index in [0.717, 1.165) is 167 Å². The minimum absolute atomic E-state index is 0.00533. The summed E-state index contributed by atoms with van der Waals surface area (Å²) in [4.78, 5) is 35.8. The molecular weight excluding hydrogens is 1130 g/mol. The fraction of sp³-hybridized carbons (Fsp3) is 0.500. The van der Waals surface area contributed by atoms with Crippen molar-refractivity contribution in [3.05, 3.63) is 231 Å². The molecule has 0 radical (unpaired) electrons. The van der Waals surface area contributed by atoms with Crippen molar-refractivity contribution in [1.29, 1.82) is 0 Å². The first-order valence-corrected chi connectivity index (χ1v) is 35.6. The van der Waals surface area contributed by atoms with E-state index in [4.69, 9.17) is 18.5 Å². The lowest BCUT2D eigenvalue weighted by Crippen LogP contribution is -2.37. The minimum atomic E-state index is -4.43. The van der Waals surface area contributed by atoms with Gasteiger partial charge in [0, 0.05) is 12.8 Å². The van der Waals surface area contributed by atoms with Crippen molar-refractivity contribution in [2.24, 2.45) is 0 Å². The van der Waals surface area contributed by atoms with Crippen LogP contribution in [-0.4, -0.2) is 74.9 Å². The molecule has 2 unspecified atom stereocenters. The second-order valence-electron chi connectivity index (χ2n) is 22.7. The van der Waals surface area contributed by atoms with Crippen LogP contribution in [0.1, 0.15) is 206 Å². The van der Waals surface area contributed by atoms with Crippen molar-refractivity contribution >= 4 is 19.8 Å². The molecular formula is C80H123NO8P+. The molecule has 90 heavy (non-hydrogen) atoms. The molecule has 0 aliphatic heterocycles. The number of rotatable bonds is 59. The van der Waals surface area contributed by atoms with E-state index < -0.39 is 32.5 Å². The fourth-order valence-corrected chi connectivity index (χ4v) is 8.77. The number of hydrogen-bond acceptors (Lipinski definition) is 7. The van der Waals surface area contributed by atoms with E-state index >= 15 is 0 Å². The summed E-state index contributed by atoms with van der Waals surface area (Å²) in [6.07, 6.45) is 110. The number of nitrogens with zero attached hydrogens (tertiary/aromatic N) is 1. The Morgan fingerprint density at radius 2 is 0.600 bits per heavy atom. The van der Waals surface area contributed by atoms with Crippen molar-refractivity contribution in [3.63, 3.8) is 0 Å². The molecule has 500 valence electrons. The van der Waals surface area contributed by atoms with Gasteiger partial charge in [-0.25, -0.2) is 4.57 Å². The Kier molecular flexibility index (Phi) is 63.0. The number of allylic oxidation sites excluding steroid dienone is 38. The lowest BCUT2D eigenvalue weighted by Gasteiger charge is -2.24. The molecule has 0 aliphatic carbocycles. The highest BCUT2D eigenvalue weighted by molar-refractivity contribution is 7.47. The van der Waals surface area contributed by atoms with Crippen LogP contribution in [0.3, 0.4) is 0 Å². The molecule has 0 rings (SSSR count). The molecule has 0 bridgehead atoms. The normalized spacial score (nSPS) is 14.6. The van der Waals surface area contributed by atoms with Gasteiger partial charge in [-0.05, 0) is 161 Å². The molecule has 9 nitrogen and oxygen atoms in total. The van der Waals surface area contributed by atoms with E-state index in [9.17, 15) is 19.0 Å². The first kappa shape index (κ1) is 84.1. The number of esters is 2. The van der Waals surface area contributed by atoms with Crippen molar-refractivity contribution < 1.29 is 42.1 Å². The summed E-state index contributed by atoms with van der Waals surface area (Å²) in [5, 5.41) is 0. The average Bonchev–Trinajstić information content (AvgIpc) is 3.58. The van der Waals surface area contributed by atoms with E-state index in [0.29, 0.717) is 23.9 Å². The highest BCUT2D eigenvalue weighted by Gasteiger charge is 2.27. The number of carbonyl (C=O) groups is 2. The van der Waals surface area contributed by atoms with Crippen molar-refractivity contribution in [2.45, 2.75) is 213 Å². The Labute approximate surface area is 550 Å². The minimum Gasteiger partial charge on any atom is -0.462 e. The predicted molar refractivity (Wildman–Crippen MR) is 389 cm³/mol. The van der Waals surface area contributed by atoms with E-state index in [2.05, 4.69) is 245 Å². The largest absolute Gasteiger partial charge is 0.472 e. The SMILES string of the molecule is CC/C=C\C/C=C\C/C=C\C/C=C\C/C=C\C/C=C\C/C=C\C/C=C\C/C=C\C/C=C\C/C=C\C/C=C\CCCCC(=O)OC(COC(=O)CCCCCCC/C=C\C/C=C\C/C=C\C/C=C\C/C=C\C/C=C\C/C=C\CC)COP(=O)(O)OCC[N+](C)(C)C. The molecule has 0 fully saturated rings. The molecule has 0 saturated heterocycles. The van der Waals surface area contributed by atoms with Gasteiger partial charge >= 0.3 is 19.8 Å². The van der Waals surface area contributed by atoms with Crippen molar-refractivity contribution in [1.82, 2.24) is 0 Å². The summed E-state index contributed by atoms with van der Waals surface area (Å²) < 4.78 is 34.6. The van der Waals surface area contributed by atoms with Gasteiger partial charge in [0.15, 0.2) is 6.10 Å². The molecule has 0 amide bonds. The van der Waals surface area contributed by atoms with Crippen LogP contribution in [0, 0.1) is 0 Å². The maximum absolute atomic E-state index is 12.9. The molecule has 0 spiro atoms. The number of unbranched alkanes of at least 4 members (excludes halogenated alkanes) is 7. The zero-order chi connectivity index (χ0) is 65.5. The Balaban J connectivity index is 4.30. The van der Waals surface area contributed by atoms with Crippen LogP contribution in [0.2, 0.25) is 0 Å². The van der Waals surface area contributed by atoms with Crippen LogP contribution in [0.25, 0.3) is 0 Å². The molecule has 0 saturated carbocycles. The maximum Gasteiger partial charge on any atom is 0.472 e. The number of hydrogen-bond donors (Lipinski definition) is 1. The third kappa shape index (κ3) is 71.1. The highest BCUT2D eigenvalue weighted by Crippen LogP contribution is 2.43. The lowest BCUT2D eigenvalue weighted by atomic mass is 10.1. The smallest absolute Gasteiger partial charge is 0.462 e. The number of likely N-dealkylation sites (N-methyl/N-ethyl adjacent to an activating group) is 1. The molecule has 2 atom stereocenters. The molecule has 0 aromatic carbocycles. The van der Waals surface area contributed by atoms with Crippen LogP contribution in [0.4, 0.5) is 0 Å². The summed E-state index contributed by atoms with van der Waals surface area (Å²) in [6.45, 7) is 4.09. The monoisotopic (exact) mass is 1260 g/mol. The molecule has 0 heterocycles. The quantitative estimate of drug-likeness (QED) is 0.0211. The number of carbonyl (C=O) groups excluding carboxylic acids is 2. The summed E-state index contributed by atoms with van der Waals surface area (Å²) in [6, 6.07) is 0. The molecule has 0 aromatic heterocycles. The summed E-state index contributed by atoms with van der Waals surface area (Å²) >= 11 is 0. The third-order valence-corrected chi connectivity index (χ3v) is 14.2. The van der Waals surface area contributed by atoms with Crippen molar-refractivity contribution in [2.75, 3.05) is 47.5 Å². The molecule has 1 N–H and O–H groups in total. The molecule has 0 aliphatic rings. The second kappa shape index (κ2) is 67.5. The second-order valence-corrected chi connectivity index (χ2v) is 24.2. The summed E-state index contributed by atoms with van der Waals surface area (Å²) in [5.41, 5.74) is 0. The Morgan fingerprint density at radius 1 is 0.344 bits per heavy atom. The van der Waals surface area contributed by atoms with Gasteiger partial charge in [0.2, 0.25) is 0 Å². The van der Waals surface area contributed by atoms with Crippen molar-refractivity contribution in [3.8, 4) is 0 Å². The van der Waals surface area contributed by atoms with Crippen LogP contribution in [-0.2, 0) is 32.7 Å². The van der Waals surface area contributed by atoms with Gasteiger partial charge in [0.05, 0.1) is 27.7 Å². The van der Waals surface area contributed by atoms with Crippen LogP contribution < -0.4 is 0 Å². The molecule has 10 heteroatoms. The number of phosphoric ester groups is 1. The van der Waals surface area contributed by atoms with E-state index in [1.54, 1.807) is 0 Å². The predicted octanol–water partition coefficient (Wildman–Crippen LogP) is 22.6. The highest BCUT2D eigenvalue weighted by atomic mass is 31.2. The maximum atomic E-state index is 12.9. The Bertz CT molecular complexity index is 2370. The third-order valence-electron chi connectivity index (χ3n) is 13.2. The first-order chi connectivity index (χ1) is 44.0. The van der Waals surface area contributed by atoms with Crippen LogP contribution >= 0.6 is 7.82 Å². The fourth-order valence-electron chi connectivity index (χ4n) is 8.03. The Morgan fingerprint density at radius 3 is 0.911 bits per heavy atom. The van der Waals surface area contributed by atoms with Gasteiger partial charge in [0.1, 0.15) is 19.8 Å². The van der Waals surface area contributed by atoms with Gasteiger partial charge in [-0.3, -0.25) is 18.6 Å². The number of ether oxygens (including phenoxy) is 2. The topological polar surface area (TPSA) is 108 Å². The molecule has 0 aromatic rings. The van der Waals surface area contributed by atoms with Gasteiger partial charge < -0.3 is 18.9 Å². The summed E-state index contributed by atoms with van der Waals surface area (Å²) in [7, 11) is 1.40. The first-order valence-electron chi connectivity index (χ1n) is 34.1. The Hall–Kier alpha value is -5.93. The van der Waals surface area contributed by atoms with Gasteiger partial charge in [-0.1, -0.05) is 264 Å². The van der Waals surface area contributed by atoms with Crippen LogP contribution in [0.15, 0.2) is 231 Å². The van der Waals surface area contributed by atoms with E-state index in [-0.39, 0.29) is 26.1 Å². The number of phosphoric acid groups is 1. The van der Waals surface area contributed by atoms with Crippen LogP contribution in [0.5, 0.6) is 0 Å². The summed E-state index contributed by atoms with van der Waals surface area (Å²) in [5.74, 6) is -0.893. The van der Waals surface area contributed by atoms with E-state index in [1.807, 2.05) is 21.1 Å². The zero-order valence-corrected chi connectivity index (χ0v) is 57.7. The average molecular weight is 1260 g/mol.